The first-order valence-electron chi connectivity index (χ1n) is 5.70. The van der Waals surface area contributed by atoms with Crippen LogP contribution in [0.15, 0.2) is 18.5 Å². The Kier molecular flexibility index (Phi) is 4.21. The van der Waals surface area contributed by atoms with E-state index in [1.807, 2.05) is 6.07 Å². The van der Waals surface area contributed by atoms with Gasteiger partial charge in [-0.05, 0) is 6.07 Å². The maximum Gasteiger partial charge on any atom is 0.142 e. The lowest BCUT2D eigenvalue weighted by Gasteiger charge is -2.33. The molecule has 88 valence electrons. The van der Waals surface area contributed by atoms with Gasteiger partial charge in [0.2, 0.25) is 0 Å². The van der Waals surface area contributed by atoms with Gasteiger partial charge in [0.25, 0.3) is 0 Å². The molecule has 0 unspecified atom stereocenters. The summed E-state index contributed by atoms with van der Waals surface area (Å²) in [4.78, 5) is 13.1. The summed E-state index contributed by atoms with van der Waals surface area (Å²) >= 11 is 0. The fourth-order valence-corrected chi connectivity index (χ4v) is 1.92. The molecule has 16 heavy (non-hydrogen) atoms. The lowest BCUT2D eigenvalue weighted by atomic mass is 10.3. The fraction of sp³-hybridized carbons (Fsp3) is 0.636. The zero-order valence-corrected chi connectivity index (χ0v) is 9.42. The highest BCUT2D eigenvalue weighted by molar-refractivity contribution is 4.89. The number of β-amino-alcohol motifs (C(OH)–C–C–N with tert-alkyl or cyclic N) is 1. The van der Waals surface area contributed by atoms with Crippen LogP contribution in [0, 0.1) is 0 Å². The molecule has 0 aromatic carbocycles. The van der Waals surface area contributed by atoms with E-state index < -0.39 is 0 Å². The number of hydrogen-bond acceptors (Lipinski definition) is 5. The van der Waals surface area contributed by atoms with E-state index in [-0.39, 0.29) is 6.61 Å². The number of hydrogen-bond donors (Lipinski definition) is 1. The van der Waals surface area contributed by atoms with Crippen LogP contribution in [0.1, 0.15) is 5.82 Å². The van der Waals surface area contributed by atoms with Crippen molar-refractivity contribution in [1.82, 2.24) is 19.8 Å². The van der Waals surface area contributed by atoms with Gasteiger partial charge in [-0.15, -0.1) is 0 Å². The van der Waals surface area contributed by atoms with Gasteiger partial charge in [-0.2, -0.15) is 0 Å². The summed E-state index contributed by atoms with van der Waals surface area (Å²) in [7, 11) is 0. The Morgan fingerprint density at radius 3 is 2.31 bits per heavy atom. The Morgan fingerprint density at radius 2 is 1.69 bits per heavy atom. The van der Waals surface area contributed by atoms with E-state index in [1.54, 1.807) is 12.4 Å². The third-order valence-corrected chi connectivity index (χ3v) is 2.87. The standard InChI is InChI=1S/C11H18N4O/c16-9-8-14-4-6-15(7-5-14)10-11-12-2-1-3-13-11/h1-3,16H,4-10H2. The lowest BCUT2D eigenvalue weighted by Crippen LogP contribution is -2.46. The van der Waals surface area contributed by atoms with E-state index >= 15 is 0 Å². The third-order valence-electron chi connectivity index (χ3n) is 2.87. The first kappa shape index (κ1) is 11.4. The van der Waals surface area contributed by atoms with Gasteiger partial charge in [0.05, 0.1) is 13.2 Å². The first-order valence-corrected chi connectivity index (χ1v) is 5.70. The molecule has 0 amide bonds. The van der Waals surface area contributed by atoms with Gasteiger partial charge in [0.15, 0.2) is 0 Å². The van der Waals surface area contributed by atoms with Crippen molar-refractivity contribution in [2.24, 2.45) is 0 Å². The molecule has 1 saturated heterocycles. The molecule has 5 heteroatoms. The van der Waals surface area contributed by atoms with Crippen molar-refractivity contribution >= 4 is 0 Å². The van der Waals surface area contributed by atoms with Gasteiger partial charge >= 0.3 is 0 Å². The zero-order chi connectivity index (χ0) is 11.2. The molecule has 0 radical (unpaired) electrons. The number of aliphatic hydroxyl groups excluding tert-OH is 1. The molecular formula is C11H18N4O. The highest BCUT2D eigenvalue weighted by Gasteiger charge is 2.16. The monoisotopic (exact) mass is 222 g/mol. The average molecular weight is 222 g/mol. The van der Waals surface area contributed by atoms with Crippen molar-refractivity contribution in [2.75, 3.05) is 39.3 Å². The van der Waals surface area contributed by atoms with Gasteiger partial charge < -0.3 is 5.11 Å². The van der Waals surface area contributed by atoms with Gasteiger partial charge in [0, 0.05) is 45.1 Å². The SMILES string of the molecule is OCCN1CCN(Cc2ncccn2)CC1. The number of piperazine rings is 1. The quantitative estimate of drug-likeness (QED) is 0.750. The van der Waals surface area contributed by atoms with Crippen LogP contribution in [0.2, 0.25) is 0 Å². The van der Waals surface area contributed by atoms with E-state index in [2.05, 4.69) is 19.8 Å². The normalized spacial score (nSPS) is 18.8. The Bertz CT molecular complexity index is 298. The predicted molar refractivity (Wildman–Crippen MR) is 60.8 cm³/mol. The molecule has 2 heterocycles. The fourth-order valence-electron chi connectivity index (χ4n) is 1.92. The maximum absolute atomic E-state index is 8.84. The smallest absolute Gasteiger partial charge is 0.142 e. The number of nitrogens with zero attached hydrogens (tertiary/aromatic N) is 4. The molecule has 5 nitrogen and oxygen atoms in total. The number of aliphatic hydroxyl groups is 1. The highest BCUT2D eigenvalue weighted by Crippen LogP contribution is 2.04. The van der Waals surface area contributed by atoms with E-state index in [4.69, 9.17) is 5.11 Å². The zero-order valence-electron chi connectivity index (χ0n) is 9.42. The molecule has 1 N–H and O–H groups in total. The summed E-state index contributed by atoms with van der Waals surface area (Å²) in [6, 6.07) is 1.84. The van der Waals surface area contributed by atoms with Gasteiger partial charge in [-0.25, -0.2) is 9.97 Å². The molecule has 0 bridgehead atoms. The van der Waals surface area contributed by atoms with Gasteiger partial charge in [0.1, 0.15) is 5.82 Å². The summed E-state index contributed by atoms with van der Waals surface area (Å²) in [5.41, 5.74) is 0. The Hall–Kier alpha value is -1.04. The Balaban J connectivity index is 1.77. The molecule has 0 aliphatic carbocycles. The third kappa shape index (κ3) is 3.23. The topological polar surface area (TPSA) is 52.5 Å². The van der Waals surface area contributed by atoms with Crippen molar-refractivity contribution < 1.29 is 5.11 Å². The molecular weight excluding hydrogens is 204 g/mol. The minimum Gasteiger partial charge on any atom is -0.395 e. The van der Waals surface area contributed by atoms with Crippen LogP contribution in [0.25, 0.3) is 0 Å². The molecule has 0 saturated carbocycles. The van der Waals surface area contributed by atoms with Crippen LogP contribution >= 0.6 is 0 Å². The van der Waals surface area contributed by atoms with Gasteiger partial charge in [-0.3, -0.25) is 9.80 Å². The minimum atomic E-state index is 0.252. The van der Waals surface area contributed by atoms with Crippen LogP contribution in [0.5, 0.6) is 0 Å². The summed E-state index contributed by atoms with van der Waals surface area (Å²) in [6.45, 7) is 5.96. The first-order chi connectivity index (χ1) is 7.88. The van der Waals surface area contributed by atoms with Crippen LogP contribution in [-0.4, -0.2) is 64.2 Å². The van der Waals surface area contributed by atoms with Crippen molar-refractivity contribution in [1.29, 1.82) is 0 Å². The van der Waals surface area contributed by atoms with Crippen LogP contribution in [0.3, 0.4) is 0 Å². The Morgan fingerprint density at radius 1 is 1.06 bits per heavy atom. The van der Waals surface area contributed by atoms with E-state index in [0.717, 1.165) is 45.1 Å². The van der Waals surface area contributed by atoms with Crippen LogP contribution in [-0.2, 0) is 6.54 Å². The molecule has 1 aromatic rings. The summed E-state index contributed by atoms with van der Waals surface area (Å²) in [5, 5.41) is 8.84. The molecule has 0 spiro atoms. The largest absolute Gasteiger partial charge is 0.395 e. The second-order valence-corrected chi connectivity index (χ2v) is 4.01. The average Bonchev–Trinajstić information content (AvgIpc) is 2.33. The molecule has 1 aliphatic heterocycles. The molecule has 1 fully saturated rings. The van der Waals surface area contributed by atoms with Crippen LogP contribution < -0.4 is 0 Å². The number of rotatable bonds is 4. The van der Waals surface area contributed by atoms with E-state index in [9.17, 15) is 0 Å². The Labute approximate surface area is 95.7 Å². The summed E-state index contributed by atoms with van der Waals surface area (Å²) in [5.74, 6) is 0.887. The molecule has 0 atom stereocenters. The van der Waals surface area contributed by atoms with Crippen molar-refractivity contribution in [3.8, 4) is 0 Å². The van der Waals surface area contributed by atoms with E-state index in [0.29, 0.717) is 0 Å². The second-order valence-electron chi connectivity index (χ2n) is 4.01. The predicted octanol–water partition coefficient (Wildman–Crippen LogP) is -0.414. The molecule has 2 rings (SSSR count). The van der Waals surface area contributed by atoms with Crippen molar-refractivity contribution in [3.05, 3.63) is 24.3 Å². The maximum atomic E-state index is 8.84. The second kappa shape index (κ2) is 5.89. The minimum absolute atomic E-state index is 0.252. The molecule has 1 aliphatic rings. The van der Waals surface area contributed by atoms with E-state index in [1.165, 1.54) is 0 Å². The van der Waals surface area contributed by atoms with Crippen molar-refractivity contribution in [3.63, 3.8) is 0 Å². The number of aromatic nitrogens is 2. The summed E-state index contributed by atoms with van der Waals surface area (Å²) < 4.78 is 0. The van der Waals surface area contributed by atoms with Crippen LogP contribution in [0.4, 0.5) is 0 Å². The van der Waals surface area contributed by atoms with Crippen molar-refractivity contribution in [2.45, 2.75) is 6.54 Å². The summed E-state index contributed by atoms with van der Waals surface area (Å²) in [6.07, 6.45) is 3.56. The lowest BCUT2D eigenvalue weighted by molar-refractivity contribution is 0.107. The highest BCUT2D eigenvalue weighted by atomic mass is 16.3. The molecule has 1 aromatic heterocycles. The van der Waals surface area contributed by atoms with Gasteiger partial charge in [-0.1, -0.05) is 0 Å².